The number of anilines is 1. The Kier molecular flexibility index (Phi) is 5.12. The summed E-state index contributed by atoms with van der Waals surface area (Å²) in [6.45, 7) is 0. The van der Waals surface area contributed by atoms with E-state index in [-0.39, 0.29) is 24.0 Å². The number of hydrogen-bond acceptors (Lipinski definition) is 3. The van der Waals surface area contributed by atoms with Crippen LogP contribution in [0.2, 0.25) is 0 Å². The summed E-state index contributed by atoms with van der Waals surface area (Å²) in [5.41, 5.74) is 8.92. The van der Waals surface area contributed by atoms with Crippen LogP contribution in [0.4, 0.5) is 5.69 Å². The van der Waals surface area contributed by atoms with Crippen LogP contribution in [0.1, 0.15) is 41.6 Å². The Bertz CT molecular complexity index is 1020. The van der Waals surface area contributed by atoms with Crippen LogP contribution in [0, 0.1) is 5.92 Å². The highest BCUT2D eigenvalue weighted by Crippen LogP contribution is 2.39. The highest BCUT2D eigenvalue weighted by atomic mass is 16.2. The average Bonchev–Trinajstić information content (AvgIpc) is 2.73. The number of amides is 2. The van der Waals surface area contributed by atoms with Crippen molar-refractivity contribution >= 4 is 29.4 Å². The van der Waals surface area contributed by atoms with Crippen molar-refractivity contribution in [2.24, 2.45) is 11.7 Å². The van der Waals surface area contributed by atoms with E-state index in [2.05, 4.69) is 0 Å². The minimum atomic E-state index is -0.514. The lowest BCUT2D eigenvalue weighted by Crippen LogP contribution is -2.40. The lowest BCUT2D eigenvalue weighted by molar-refractivity contribution is -0.120. The van der Waals surface area contributed by atoms with Gasteiger partial charge < -0.3 is 5.73 Å². The van der Waals surface area contributed by atoms with Crippen LogP contribution in [0.25, 0.3) is 6.08 Å². The van der Waals surface area contributed by atoms with E-state index in [4.69, 9.17) is 5.73 Å². The van der Waals surface area contributed by atoms with Crippen molar-refractivity contribution in [3.8, 4) is 0 Å². The second-order valence-electron chi connectivity index (χ2n) is 7.36. The minimum Gasteiger partial charge on any atom is -0.366 e. The van der Waals surface area contributed by atoms with E-state index in [1.807, 2.05) is 42.5 Å². The van der Waals surface area contributed by atoms with E-state index >= 15 is 0 Å². The summed E-state index contributed by atoms with van der Waals surface area (Å²) in [6.07, 6.45) is 6.11. The van der Waals surface area contributed by atoms with Gasteiger partial charge in [0.1, 0.15) is 0 Å². The fourth-order valence-electron chi connectivity index (χ4n) is 4.06. The van der Waals surface area contributed by atoms with Crippen LogP contribution >= 0.6 is 0 Å². The maximum atomic E-state index is 13.1. The van der Waals surface area contributed by atoms with Gasteiger partial charge in [-0.25, -0.2) is 0 Å². The van der Waals surface area contributed by atoms with Crippen molar-refractivity contribution in [1.82, 2.24) is 0 Å². The standard InChI is InChI=1S/C24H22N2O3/c25-24(29)17-11-13-19(14-12-17)26-20-7-4-8-21(27)23(20)18(15-22(26)28)10-9-16-5-2-1-3-6-16/h1-3,5-6,9-14,18H,4,7-8,15H2,(H2,25,29)/b10-9+. The van der Waals surface area contributed by atoms with Crippen molar-refractivity contribution in [2.75, 3.05) is 4.90 Å². The van der Waals surface area contributed by atoms with Gasteiger partial charge in [0.25, 0.3) is 0 Å². The van der Waals surface area contributed by atoms with E-state index in [0.717, 1.165) is 23.3 Å². The molecule has 2 N–H and O–H groups in total. The number of hydrogen-bond donors (Lipinski definition) is 1. The summed E-state index contributed by atoms with van der Waals surface area (Å²) < 4.78 is 0. The van der Waals surface area contributed by atoms with Gasteiger partial charge in [0.2, 0.25) is 11.8 Å². The first kappa shape index (κ1) is 18.9. The molecule has 1 heterocycles. The molecule has 1 unspecified atom stereocenters. The average molecular weight is 386 g/mol. The number of Topliss-reactive ketones (excluding diaryl/α,β-unsaturated/α-hetero) is 1. The normalized spacial score (nSPS) is 19.6. The monoisotopic (exact) mass is 386 g/mol. The van der Waals surface area contributed by atoms with Gasteiger partial charge in [-0.3, -0.25) is 19.3 Å². The van der Waals surface area contributed by atoms with Crippen molar-refractivity contribution in [1.29, 1.82) is 0 Å². The van der Waals surface area contributed by atoms with Crippen molar-refractivity contribution < 1.29 is 14.4 Å². The number of allylic oxidation sites excluding steroid dienone is 3. The fraction of sp³-hybridized carbons (Fsp3) is 0.208. The summed E-state index contributed by atoms with van der Waals surface area (Å²) in [5.74, 6) is -0.666. The number of benzene rings is 2. The number of rotatable bonds is 4. The van der Waals surface area contributed by atoms with Crippen LogP contribution in [0.15, 0.2) is 71.9 Å². The number of primary amides is 1. The number of carbonyl (C=O) groups excluding carboxylic acids is 3. The molecule has 1 aliphatic carbocycles. The molecule has 29 heavy (non-hydrogen) atoms. The highest BCUT2D eigenvalue weighted by molar-refractivity contribution is 6.07. The van der Waals surface area contributed by atoms with E-state index in [1.54, 1.807) is 29.2 Å². The maximum absolute atomic E-state index is 13.1. The molecule has 2 aromatic rings. The summed E-state index contributed by atoms with van der Waals surface area (Å²) in [7, 11) is 0. The molecule has 0 radical (unpaired) electrons. The number of nitrogens with zero attached hydrogens (tertiary/aromatic N) is 1. The van der Waals surface area contributed by atoms with Gasteiger partial charge in [-0.15, -0.1) is 0 Å². The zero-order valence-electron chi connectivity index (χ0n) is 16.0. The molecule has 0 saturated heterocycles. The molecule has 5 heteroatoms. The molecular formula is C24H22N2O3. The molecule has 2 aromatic carbocycles. The quantitative estimate of drug-likeness (QED) is 0.866. The maximum Gasteiger partial charge on any atom is 0.248 e. The number of ketones is 1. The first-order valence-electron chi connectivity index (χ1n) is 9.77. The molecule has 0 bridgehead atoms. The molecule has 146 valence electrons. The van der Waals surface area contributed by atoms with Gasteiger partial charge in [-0.2, -0.15) is 0 Å². The highest BCUT2D eigenvalue weighted by Gasteiger charge is 2.37. The van der Waals surface area contributed by atoms with E-state index in [1.165, 1.54) is 0 Å². The zero-order valence-corrected chi connectivity index (χ0v) is 16.0. The van der Waals surface area contributed by atoms with E-state index in [0.29, 0.717) is 24.1 Å². The Morgan fingerprint density at radius 2 is 1.72 bits per heavy atom. The first-order chi connectivity index (χ1) is 14.0. The number of carbonyl (C=O) groups is 3. The molecule has 2 amide bonds. The molecule has 1 aliphatic heterocycles. The molecule has 0 fully saturated rings. The number of nitrogens with two attached hydrogens (primary N) is 1. The van der Waals surface area contributed by atoms with Crippen LogP contribution < -0.4 is 10.6 Å². The summed E-state index contributed by atoms with van der Waals surface area (Å²) >= 11 is 0. The predicted octanol–water partition coefficient (Wildman–Crippen LogP) is 3.86. The predicted molar refractivity (Wildman–Crippen MR) is 112 cm³/mol. The van der Waals surface area contributed by atoms with Crippen molar-refractivity contribution in [3.63, 3.8) is 0 Å². The topological polar surface area (TPSA) is 80.5 Å². The van der Waals surface area contributed by atoms with Crippen molar-refractivity contribution in [2.45, 2.75) is 25.7 Å². The van der Waals surface area contributed by atoms with Gasteiger partial charge in [0.05, 0.1) is 0 Å². The molecule has 5 nitrogen and oxygen atoms in total. The summed E-state index contributed by atoms with van der Waals surface area (Å²) in [4.78, 5) is 38.8. The Balaban J connectivity index is 1.72. The fourth-order valence-corrected chi connectivity index (χ4v) is 4.06. The van der Waals surface area contributed by atoms with Crippen LogP contribution in [0.5, 0.6) is 0 Å². The van der Waals surface area contributed by atoms with Crippen molar-refractivity contribution in [3.05, 3.63) is 83.1 Å². The second kappa shape index (κ2) is 7.87. The Hall–Kier alpha value is -3.47. The van der Waals surface area contributed by atoms with Gasteiger partial charge in [0.15, 0.2) is 5.78 Å². The van der Waals surface area contributed by atoms with Crippen LogP contribution in [0.3, 0.4) is 0 Å². The molecule has 0 saturated carbocycles. The van der Waals surface area contributed by atoms with Gasteiger partial charge >= 0.3 is 0 Å². The lowest BCUT2D eigenvalue weighted by atomic mass is 9.80. The molecular weight excluding hydrogens is 364 g/mol. The van der Waals surface area contributed by atoms with Gasteiger partial charge in [-0.1, -0.05) is 42.5 Å². The van der Waals surface area contributed by atoms with E-state index in [9.17, 15) is 14.4 Å². The zero-order chi connectivity index (χ0) is 20.4. The summed E-state index contributed by atoms with van der Waals surface area (Å²) in [5, 5.41) is 0. The molecule has 4 rings (SSSR count). The van der Waals surface area contributed by atoms with E-state index < -0.39 is 5.91 Å². The van der Waals surface area contributed by atoms with Crippen LogP contribution in [-0.2, 0) is 9.59 Å². The van der Waals surface area contributed by atoms with Crippen LogP contribution in [-0.4, -0.2) is 17.6 Å². The van der Waals surface area contributed by atoms with Gasteiger partial charge in [-0.05, 0) is 42.7 Å². The lowest BCUT2D eigenvalue weighted by Gasteiger charge is -2.37. The largest absolute Gasteiger partial charge is 0.366 e. The Morgan fingerprint density at radius 1 is 1.00 bits per heavy atom. The second-order valence-corrected chi connectivity index (χ2v) is 7.36. The third kappa shape index (κ3) is 3.76. The molecule has 0 aromatic heterocycles. The molecule has 0 spiro atoms. The smallest absolute Gasteiger partial charge is 0.248 e. The van der Waals surface area contributed by atoms with Gasteiger partial charge in [0, 0.05) is 41.3 Å². The molecule has 1 atom stereocenters. The SMILES string of the molecule is NC(=O)c1ccc(N2C(=O)CC(/C=C/c3ccccc3)C3=C2CCCC3=O)cc1. The minimum absolute atomic E-state index is 0.0482. The third-order valence-corrected chi connectivity index (χ3v) is 5.44. The Labute approximate surface area is 169 Å². The Morgan fingerprint density at radius 3 is 2.41 bits per heavy atom. The molecule has 2 aliphatic rings. The summed E-state index contributed by atoms with van der Waals surface area (Å²) in [6, 6.07) is 16.5. The first-order valence-corrected chi connectivity index (χ1v) is 9.77. The third-order valence-electron chi connectivity index (χ3n) is 5.44.